The summed E-state index contributed by atoms with van der Waals surface area (Å²) in [5.74, 6) is 0.780. The van der Waals surface area contributed by atoms with Gasteiger partial charge in [0.15, 0.2) is 6.10 Å². The number of hydrogen-bond donors (Lipinski definition) is 0. The molecule has 2 atom stereocenters. The molecule has 6 nitrogen and oxygen atoms in total. The van der Waals surface area contributed by atoms with Gasteiger partial charge in [-0.05, 0) is 31.1 Å². The Balaban J connectivity index is 4.35. The van der Waals surface area contributed by atoms with E-state index < -0.39 is 6.10 Å². The van der Waals surface area contributed by atoms with Gasteiger partial charge in [-0.25, -0.2) is 0 Å². The molecule has 6 heteroatoms. The largest absolute Gasteiger partial charge is 0.462 e. The molecular weight excluding hydrogens is 648 g/mol. The Morgan fingerprint density at radius 3 is 1.10 bits per heavy atom. The van der Waals surface area contributed by atoms with Crippen molar-refractivity contribution >= 4 is 17.9 Å². The van der Waals surface area contributed by atoms with E-state index in [1.807, 2.05) is 0 Å². The van der Waals surface area contributed by atoms with Crippen LogP contribution in [0.15, 0.2) is 0 Å². The third-order valence-corrected chi connectivity index (χ3v) is 10.6. The highest BCUT2D eigenvalue weighted by molar-refractivity contribution is 5.71. The van der Waals surface area contributed by atoms with Crippen LogP contribution in [0, 0.1) is 11.8 Å². The van der Waals surface area contributed by atoms with Crippen LogP contribution >= 0.6 is 0 Å². The standard InChI is InChI=1S/C46H88O6/c1-6-8-9-10-11-12-13-14-21-26-31-36-44(47)50-39-43(52-46(49)38-33-28-23-17-15-19-24-29-34-41(3)4)40-51-45(48)37-32-27-22-18-16-20-25-30-35-42(5)7-2/h41-43H,6-40H2,1-5H3/t42?,43-/m0/s1. The minimum atomic E-state index is -0.760. The molecule has 0 aliphatic carbocycles. The third kappa shape index (κ3) is 38.1. The lowest BCUT2D eigenvalue weighted by atomic mass is 9.99. The van der Waals surface area contributed by atoms with E-state index in [4.69, 9.17) is 14.2 Å². The zero-order valence-corrected chi connectivity index (χ0v) is 35.4. The fourth-order valence-electron chi connectivity index (χ4n) is 6.72. The van der Waals surface area contributed by atoms with E-state index in [9.17, 15) is 14.4 Å². The van der Waals surface area contributed by atoms with Crippen LogP contribution in [0.1, 0.15) is 247 Å². The average Bonchev–Trinajstić information content (AvgIpc) is 3.12. The molecule has 1 unspecified atom stereocenters. The van der Waals surface area contributed by atoms with E-state index in [1.165, 1.54) is 135 Å². The number of ether oxygens (including phenoxy) is 3. The molecule has 0 aromatic rings. The summed E-state index contributed by atoms with van der Waals surface area (Å²) >= 11 is 0. The topological polar surface area (TPSA) is 78.9 Å². The molecule has 0 spiro atoms. The van der Waals surface area contributed by atoms with E-state index in [2.05, 4.69) is 34.6 Å². The minimum absolute atomic E-state index is 0.0654. The van der Waals surface area contributed by atoms with Gasteiger partial charge >= 0.3 is 17.9 Å². The molecule has 0 aromatic carbocycles. The maximum atomic E-state index is 12.7. The van der Waals surface area contributed by atoms with E-state index in [0.717, 1.165) is 69.6 Å². The normalized spacial score (nSPS) is 12.6. The molecule has 0 aromatic heterocycles. The molecule has 0 saturated heterocycles. The lowest BCUT2D eigenvalue weighted by Crippen LogP contribution is -2.30. The number of esters is 3. The maximum Gasteiger partial charge on any atom is 0.306 e. The van der Waals surface area contributed by atoms with Crippen molar-refractivity contribution in [2.24, 2.45) is 11.8 Å². The highest BCUT2D eigenvalue weighted by atomic mass is 16.6. The molecule has 0 bridgehead atoms. The fraction of sp³-hybridized carbons (Fsp3) is 0.935. The van der Waals surface area contributed by atoms with Crippen molar-refractivity contribution < 1.29 is 28.6 Å². The number of hydrogen-bond acceptors (Lipinski definition) is 6. The summed E-state index contributed by atoms with van der Waals surface area (Å²) in [5.41, 5.74) is 0. The summed E-state index contributed by atoms with van der Waals surface area (Å²) in [4.78, 5) is 37.7. The van der Waals surface area contributed by atoms with Crippen molar-refractivity contribution in [1.29, 1.82) is 0 Å². The van der Waals surface area contributed by atoms with Crippen LogP contribution in [0.2, 0.25) is 0 Å². The van der Waals surface area contributed by atoms with Gasteiger partial charge in [0.1, 0.15) is 13.2 Å². The number of carbonyl (C=O) groups is 3. The summed E-state index contributed by atoms with van der Waals surface area (Å²) in [6, 6.07) is 0. The minimum Gasteiger partial charge on any atom is -0.462 e. The van der Waals surface area contributed by atoms with E-state index >= 15 is 0 Å². The number of rotatable bonds is 40. The Labute approximate surface area is 323 Å². The van der Waals surface area contributed by atoms with E-state index in [1.54, 1.807) is 0 Å². The molecule has 0 aliphatic rings. The Bertz CT molecular complexity index is 796. The van der Waals surface area contributed by atoms with Gasteiger partial charge in [0.2, 0.25) is 0 Å². The highest BCUT2D eigenvalue weighted by Gasteiger charge is 2.19. The van der Waals surface area contributed by atoms with Gasteiger partial charge in [-0.15, -0.1) is 0 Å². The van der Waals surface area contributed by atoms with Crippen molar-refractivity contribution in [3.05, 3.63) is 0 Å². The van der Waals surface area contributed by atoms with Crippen LogP contribution in [0.4, 0.5) is 0 Å². The van der Waals surface area contributed by atoms with Gasteiger partial charge in [0.05, 0.1) is 0 Å². The zero-order chi connectivity index (χ0) is 38.3. The van der Waals surface area contributed by atoms with Crippen molar-refractivity contribution in [2.75, 3.05) is 13.2 Å². The van der Waals surface area contributed by atoms with Crippen molar-refractivity contribution in [2.45, 2.75) is 253 Å². The monoisotopic (exact) mass is 737 g/mol. The molecule has 0 heterocycles. The predicted molar refractivity (Wildman–Crippen MR) is 220 cm³/mol. The first-order valence-electron chi connectivity index (χ1n) is 22.8. The Kier molecular flexibility index (Phi) is 37.9. The second-order valence-corrected chi connectivity index (χ2v) is 16.4. The summed E-state index contributed by atoms with van der Waals surface area (Å²) < 4.78 is 16.7. The van der Waals surface area contributed by atoms with Crippen molar-refractivity contribution in [3.63, 3.8) is 0 Å². The highest BCUT2D eigenvalue weighted by Crippen LogP contribution is 2.17. The van der Waals surface area contributed by atoms with Crippen LogP contribution < -0.4 is 0 Å². The first kappa shape index (κ1) is 50.4. The lowest BCUT2D eigenvalue weighted by molar-refractivity contribution is -0.167. The second-order valence-electron chi connectivity index (χ2n) is 16.4. The Morgan fingerprint density at radius 1 is 0.404 bits per heavy atom. The van der Waals surface area contributed by atoms with Gasteiger partial charge in [0, 0.05) is 19.3 Å². The van der Waals surface area contributed by atoms with Gasteiger partial charge in [-0.3, -0.25) is 14.4 Å². The Hall–Kier alpha value is -1.59. The fourth-order valence-corrected chi connectivity index (χ4v) is 6.72. The van der Waals surface area contributed by atoms with E-state index in [-0.39, 0.29) is 31.1 Å². The van der Waals surface area contributed by atoms with Gasteiger partial charge in [-0.2, -0.15) is 0 Å². The van der Waals surface area contributed by atoms with Gasteiger partial charge < -0.3 is 14.2 Å². The SMILES string of the molecule is CCCCCCCCCCCCCC(=O)OC[C@@H](COC(=O)CCCCCCCCCCC(C)CC)OC(=O)CCCCCCCCCCC(C)C. The number of unbranched alkanes of at least 4 members (excludes halogenated alkanes) is 24. The molecule has 0 aliphatic heterocycles. The van der Waals surface area contributed by atoms with Crippen LogP contribution in [-0.4, -0.2) is 37.2 Å². The molecule has 0 fully saturated rings. The first-order valence-corrected chi connectivity index (χ1v) is 22.8. The summed E-state index contributed by atoms with van der Waals surface area (Å²) in [7, 11) is 0. The van der Waals surface area contributed by atoms with Crippen LogP contribution in [0.25, 0.3) is 0 Å². The molecule has 0 amide bonds. The van der Waals surface area contributed by atoms with Gasteiger partial charge in [-0.1, -0.05) is 208 Å². The molecule has 0 saturated carbocycles. The summed E-state index contributed by atoms with van der Waals surface area (Å²) in [6.07, 6.45) is 36.5. The van der Waals surface area contributed by atoms with E-state index in [0.29, 0.717) is 19.3 Å². The molecular formula is C46H88O6. The van der Waals surface area contributed by atoms with Gasteiger partial charge in [0.25, 0.3) is 0 Å². The Morgan fingerprint density at radius 2 is 0.731 bits per heavy atom. The summed E-state index contributed by atoms with van der Waals surface area (Å²) in [5, 5.41) is 0. The average molecular weight is 737 g/mol. The number of carbonyl (C=O) groups excluding carboxylic acids is 3. The summed E-state index contributed by atoms with van der Waals surface area (Å²) in [6.45, 7) is 11.3. The molecule has 52 heavy (non-hydrogen) atoms. The van der Waals surface area contributed by atoms with Crippen molar-refractivity contribution in [1.82, 2.24) is 0 Å². The molecule has 0 N–H and O–H groups in total. The van der Waals surface area contributed by atoms with Crippen LogP contribution in [0.3, 0.4) is 0 Å². The van der Waals surface area contributed by atoms with Crippen molar-refractivity contribution in [3.8, 4) is 0 Å². The van der Waals surface area contributed by atoms with Crippen LogP contribution in [-0.2, 0) is 28.6 Å². The first-order chi connectivity index (χ1) is 25.3. The molecule has 308 valence electrons. The van der Waals surface area contributed by atoms with Crippen LogP contribution in [0.5, 0.6) is 0 Å². The predicted octanol–water partition coefficient (Wildman–Crippen LogP) is 14.2. The molecule has 0 rings (SSSR count). The maximum absolute atomic E-state index is 12.7. The second kappa shape index (κ2) is 39.1. The third-order valence-electron chi connectivity index (χ3n) is 10.6. The molecule has 0 radical (unpaired) electrons. The zero-order valence-electron chi connectivity index (χ0n) is 35.4. The lowest BCUT2D eigenvalue weighted by Gasteiger charge is -2.18. The quantitative estimate of drug-likeness (QED) is 0.0354. The smallest absolute Gasteiger partial charge is 0.306 e.